The maximum Gasteiger partial charge on any atom is 0.135 e. The van der Waals surface area contributed by atoms with Crippen molar-refractivity contribution in [2.75, 3.05) is 10.2 Å². The lowest BCUT2D eigenvalue weighted by molar-refractivity contribution is 0.427. The molecule has 0 saturated carbocycles. The van der Waals surface area contributed by atoms with Gasteiger partial charge in [0.05, 0.1) is 0 Å². The van der Waals surface area contributed by atoms with E-state index in [1.54, 1.807) is 0 Å². The van der Waals surface area contributed by atoms with Crippen LogP contribution in [0.2, 0.25) is 0 Å². The molecule has 4 rings (SSSR count). The first-order chi connectivity index (χ1) is 13.0. The molecule has 0 amide bonds. The minimum Gasteiger partial charge on any atom is -0.366 e. The number of benzene rings is 2. The SMILES string of the molecule is Cc1nc(NCc2ccccc2)cc(N2Cc3ccccc3CC2(C)C)n1. The van der Waals surface area contributed by atoms with Crippen molar-refractivity contribution in [1.29, 1.82) is 0 Å². The molecule has 138 valence electrons. The number of nitrogens with one attached hydrogen (secondary N) is 1. The van der Waals surface area contributed by atoms with Gasteiger partial charge in [0.1, 0.15) is 17.5 Å². The van der Waals surface area contributed by atoms with Gasteiger partial charge < -0.3 is 10.2 Å². The number of hydrogen-bond donors (Lipinski definition) is 1. The molecule has 0 bridgehead atoms. The van der Waals surface area contributed by atoms with Crippen molar-refractivity contribution in [1.82, 2.24) is 9.97 Å². The van der Waals surface area contributed by atoms with Gasteiger partial charge in [0.15, 0.2) is 0 Å². The molecule has 1 aromatic heterocycles. The molecule has 1 N–H and O–H groups in total. The maximum atomic E-state index is 4.76. The van der Waals surface area contributed by atoms with E-state index in [1.807, 2.05) is 13.0 Å². The lowest BCUT2D eigenvalue weighted by Crippen LogP contribution is -2.49. The van der Waals surface area contributed by atoms with Crippen LogP contribution in [0.5, 0.6) is 0 Å². The van der Waals surface area contributed by atoms with E-state index in [2.05, 4.69) is 83.6 Å². The molecule has 0 fully saturated rings. The van der Waals surface area contributed by atoms with E-state index in [1.165, 1.54) is 16.7 Å². The zero-order chi connectivity index (χ0) is 18.9. The number of fused-ring (bicyclic) bond motifs is 1. The quantitative estimate of drug-likeness (QED) is 0.731. The van der Waals surface area contributed by atoms with Crippen molar-refractivity contribution < 1.29 is 0 Å². The fourth-order valence-corrected chi connectivity index (χ4v) is 3.79. The first-order valence-electron chi connectivity index (χ1n) is 9.49. The number of aromatic nitrogens is 2. The van der Waals surface area contributed by atoms with Gasteiger partial charge in [0.25, 0.3) is 0 Å². The van der Waals surface area contributed by atoms with Crippen LogP contribution >= 0.6 is 0 Å². The van der Waals surface area contributed by atoms with Crippen LogP contribution in [0.15, 0.2) is 60.7 Å². The van der Waals surface area contributed by atoms with Gasteiger partial charge in [-0.05, 0) is 43.9 Å². The summed E-state index contributed by atoms with van der Waals surface area (Å²) in [6, 6.07) is 21.2. The van der Waals surface area contributed by atoms with Crippen molar-refractivity contribution in [3.63, 3.8) is 0 Å². The van der Waals surface area contributed by atoms with E-state index in [-0.39, 0.29) is 5.54 Å². The predicted molar refractivity (Wildman–Crippen MR) is 111 cm³/mol. The van der Waals surface area contributed by atoms with E-state index in [0.717, 1.165) is 37.0 Å². The molecule has 0 unspecified atom stereocenters. The Balaban J connectivity index is 1.61. The second-order valence-electron chi connectivity index (χ2n) is 7.84. The molecule has 2 heterocycles. The Morgan fingerprint density at radius 2 is 1.67 bits per heavy atom. The summed E-state index contributed by atoms with van der Waals surface area (Å²) < 4.78 is 0. The van der Waals surface area contributed by atoms with Gasteiger partial charge in [-0.15, -0.1) is 0 Å². The van der Waals surface area contributed by atoms with Crippen molar-refractivity contribution in [2.45, 2.75) is 45.8 Å². The molecule has 0 saturated heterocycles. The Morgan fingerprint density at radius 3 is 2.44 bits per heavy atom. The maximum absolute atomic E-state index is 4.76. The van der Waals surface area contributed by atoms with Gasteiger partial charge in [-0.25, -0.2) is 9.97 Å². The van der Waals surface area contributed by atoms with Gasteiger partial charge in [-0.2, -0.15) is 0 Å². The lowest BCUT2D eigenvalue weighted by atomic mass is 9.85. The van der Waals surface area contributed by atoms with E-state index in [9.17, 15) is 0 Å². The monoisotopic (exact) mass is 358 g/mol. The summed E-state index contributed by atoms with van der Waals surface area (Å²) in [5.74, 6) is 2.64. The predicted octanol–water partition coefficient (Wildman–Crippen LogP) is 4.74. The molecule has 3 aromatic rings. The minimum absolute atomic E-state index is 0.00580. The smallest absolute Gasteiger partial charge is 0.135 e. The Kier molecular flexibility index (Phi) is 4.56. The summed E-state index contributed by atoms with van der Waals surface area (Å²) in [7, 11) is 0. The first kappa shape index (κ1) is 17.5. The summed E-state index contributed by atoms with van der Waals surface area (Å²) in [6.45, 7) is 8.16. The fourth-order valence-electron chi connectivity index (χ4n) is 3.79. The number of nitrogens with zero attached hydrogens (tertiary/aromatic N) is 3. The first-order valence-corrected chi connectivity index (χ1v) is 9.49. The van der Waals surface area contributed by atoms with Crippen LogP contribution in [-0.4, -0.2) is 15.5 Å². The van der Waals surface area contributed by atoms with Gasteiger partial charge in [-0.3, -0.25) is 0 Å². The highest BCUT2D eigenvalue weighted by Crippen LogP contribution is 2.34. The molecule has 0 radical (unpaired) electrons. The molecule has 0 atom stereocenters. The van der Waals surface area contributed by atoms with Crippen molar-refractivity contribution in [2.24, 2.45) is 0 Å². The molecular formula is C23H26N4. The molecule has 27 heavy (non-hydrogen) atoms. The second-order valence-corrected chi connectivity index (χ2v) is 7.84. The van der Waals surface area contributed by atoms with Crippen LogP contribution < -0.4 is 10.2 Å². The van der Waals surface area contributed by atoms with Crippen LogP contribution in [0.25, 0.3) is 0 Å². The Labute approximate surface area is 161 Å². The standard InChI is InChI=1S/C23H26N4/c1-17-25-21(24-15-18-9-5-4-6-10-18)13-22(26-17)27-16-20-12-8-7-11-19(20)14-23(27,2)3/h4-13H,14-16H2,1-3H3,(H,24,25,26). The molecule has 0 spiro atoms. The summed E-state index contributed by atoms with van der Waals surface area (Å²) in [4.78, 5) is 11.7. The normalized spacial score (nSPS) is 15.3. The Hall–Kier alpha value is -2.88. The Bertz CT molecular complexity index is 934. The summed E-state index contributed by atoms with van der Waals surface area (Å²) >= 11 is 0. The fraction of sp³-hybridized carbons (Fsp3) is 0.304. The molecule has 2 aromatic carbocycles. The second kappa shape index (κ2) is 7.03. The van der Waals surface area contributed by atoms with Crippen LogP contribution in [0.3, 0.4) is 0 Å². The molecule has 4 nitrogen and oxygen atoms in total. The number of hydrogen-bond acceptors (Lipinski definition) is 4. The topological polar surface area (TPSA) is 41.1 Å². The molecule has 1 aliphatic rings. The molecule has 0 aliphatic carbocycles. The molecule has 1 aliphatic heterocycles. The lowest BCUT2D eigenvalue weighted by Gasteiger charge is -2.44. The van der Waals surface area contributed by atoms with Crippen LogP contribution in [0.4, 0.5) is 11.6 Å². The third kappa shape index (κ3) is 3.80. The highest BCUT2D eigenvalue weighted by atomic mass is 15.3. The van der Waals surface area contributed by atoms with Gasteiger partial charge >= 0.3 is 0 Å². The van der Waals surface area contributed by atoms with E-state index < -0.39 is 0 Å². The summed E-state index contributed by atoms with van der Waals surface area (Å²) in [5, 5.41) is 3.45. The Morgan fingerprint density at radius 1 is 0.963 bits per heavy atom. The van der Waals surface area contributed by atoms with Crippen LogP contribution in [0.1, 0.15) is 36.4 Å². The third-order valence-electron chi connectivity index (χ3n) is 5.22. The van der Waals surface area contributed by atoms with E-state index in [4.69, 9.17) is 4.98 Å². The van der Waals surface area contributed by atoms with Gasteiger partial charge in [0.2, 0.25) is 0 Å². The summed E-state index contributed by atoms with van der Waals surface area (Å²) in [6.07, 6.45) is 1.01. The van der Waals surface area contributed by atoms with Crippen molar-refractivity contribution >= 4 is 11.6 Å². The third-order valence-corrected chi connectivity index (χ3v) is 5.22. The zero-order valence-corrected chi connectivity index (χ0v) is 16.2. The summed E-state index contributed by atoms with van der Waals surface area (Å²) in [5.41, 5.74) is 4.06. The largest absolute Gasteiger partial charge is 0.366 e. The average molecular weight is 358 g/mol. The van der Waals surface area contributed by atoms with Gasteiger partial charge in [-0.1, -0.05) is 54.6 Å². The average Bonchev–Trinajstić information content (AvgIpc) is 2.65. The van der Waals surface area contributed by atoms with Crippen LogP contribution in [-0.2, 0) is 19.5 Å². The zero-order valence-electron chi connectivity index (χ0n) is 16.2. The van der Waals surface area contributed by atoms with E-state index >= 15 is 0 Å². The number of rotatable bonds is 4. The molecule has 4 heteroatoms. The van der Waals surface area contributed by atoms with Gasteiger partial charge in [0, 0.05) is 24.7 Å². The number of anilines is 2. The highest BCUT2D eigenvalue weighted by Gasteiger charge is 2.33. The molecular weight excluding hydrogens is 332 g/mol. The highest BCUT2D eigenvalue weighted by molar-refractivity contribution is 5.54. The van der Waals surface area contributed by atoms with Crippen molar-refractivity contribution in [3.8, 4) is 0 Å². The minimum atomic E-state index is 0.00580. The van der Waals surface area contributed by atoms with Crippen molar-refractivity contribution in [3.05, 3.63) is 83.2 Å². The van der Waals surface area contributed by atoms with E-state index in [0.29, 0.717) is 0 Å². The van der Waals surface area contributed by atoms with Crippen LogP contribution in [0, 0.1) is 6.92 Å². The number of aryl methyl sites for hydroxylation is 1.